The van der Waals surface area contributed by atoms with E-state index >= 15 is 0 Å². The lowest BCUT2D eigenvalue weighted by atomic mass is 9.96. The zero-order valence-corrected chi connectivity index (χ0v) is 14.1. The first-order chi connectivity index (χ1) is 11.5. The Hall–Kier alpha value is -1.83. The summed E-state index contributed by atoms with van der Waals surface area (Å²) in [4.78, 5) is 21.2. The third-order valence-electron chi connectivity index (χ3n) is 4.58. The fourth-order valence-corrected chi connectivity index (χ4v) is 3.36. The summed E-state index contributed by atoms with van der Waals surface area (Å²) in [5.74, 6) is 0. The highest BCUT2D eigenvalue weighted by molar-refractivity contribution is 5.76. The van der Waals surface area contributed by atoms with Crippen molar-refractivity contribution in [3.8, 4) is 0 Å². The average molecular weight is 332 g/mol. The number of rotatable bonds is 4. The number of hydrogen-bond acceptors (Lipinski definition) is 6. The maximum Gasteiger partial charge on any atom is 0.279 e. The van der Waals surface area contributed by atoms with Gasteiger partial charge in [-0.25, -0.2) is 9.97 Å². The first kappa shape index (κ1) is 17.0. The van der Waals surface area contributed by atoms with E-state index < -0.39 is 12.2 Å². The van der Waals surface area contributed by atoms with E-state index in [1.807, 2.05) is 19.9 Å². The number of aliphatic hydroxyl groups is 2. The second-order valence-corrected chi connectivity index (χ2v) is 6.64. The van der Waals surface area contributed by atoms with E-state index in [-0.39, 0.29) is 18.1 Å². The highest BCUT2D eigenvalue weighted by Gasteiger charge is 2.25. The van der Waals surface area contributed by atoms with Crippen LogP contribution in [0.1, 0.15) is 30.5 Å². The summed E-state index contributed by atoms with van der Waals surface area (Å²) in [5.41, 5.74) is 2.37. The van der Waals surface area contributed by atoms with E-state index in [0.717, 1.165) is 30.6 Å². The molecule has 0 bridgehead atoms. The lowest BCUT2D eigenvalue weighted by Gasteiger charge is -2.30. The molecule has 1 saturated heterocycles. The van der Waals surface area contributed by atoms with Gasteiger partial charge in [-0.1, -0.05) is 0 Å². The fraction of sp³-hybridized carbons (Fsp3) is 0.588. The molecule has 3 atom stereocenters. The maximum absolute atomic E-state index is 12.6. The molecule has 7 nitrogen and oxygen atoms in total. The summed E-state index contributed by atoms with van der Waals surface area (Å²) in [5, 5.41) is 23.5. The van der Waals surface area contributed by atoms with Crippen LogP contribution in [-0.2, 0) is 6.54 Å². The van der Waals surface area contributed by atoms with Crippen LogP contribution in [0.3, 0.4) is 0 Å². The van der Waals surface area contributed by atoms with Gasteiger partial charge in [-0.15, -0.1) is 0 Å². The van der Waals surface area contributed by atoms with Gasteiger partial charge in [0.2, 0.25) is 0 Å². The molecule has 0 spiro atoms. The predicted molar refractivity (Wildman–Crippen MR) is 90.9 cm³/mol. The smallest absolute Gasteiger partial charge is 0.279 e. The Kier molecular flexibility index (Phi) is 4.93. The first-order valence-electron chi connectivity index (χ1n) is 8.38. The number of aliphatic hydroxyl groups excluding tert-OH is 2. The van der Waals surface area contributed by atoms with E-state index in [0.29, 0.717) is 17.5 Å². The Morgan fingerprint density at radius 1 is 1.42 bits per heavy atom. The van der Waals surface area contributed by atoms with Crippen molar-refractivity contribution in [3.05, 3.63) is 34.0 Å². The number of nitrogens with one attached hydrogen (secondary N) is 1. The van der Waals surface area contributed by atoms with Gasteiger partial charge in [0.25, 0.3) is 5.56 Å². The van der Waals surface area contributed by atoms with E-state index in [4.69, 9.17) is 0 Å². The van der Waals surface area contributed by atoms with Crippen LogP contribution in [0.5, 0.6) is 0 Å². The Bertz CT molecular complexity index is 789. The second-order valence-electron chi connectivity index (χ2n) is 6.64. The molecule has 24 heavy (non-hydrogen) atoms. The van der Waals surface area contributed by atoms with Gasteiger partial charge in [0.05, 0.1) is 30.6 Å². The van der Waals surface area contributed by atoms with Crippen LogP contribution in [0.25, 0.3) is 11.0 Å². The number of hydrogen-bond donors (Lipinski definition) is 3. The maximum atomic E-state index is 12.6. The molecule has 0 saturated carbocycles. The third kappa shape index (κ3) is 3.48. The highest BCUT2D eigenvalue weighted by atomic mass is 16.3. The standard InChI is InChI=1S/C17H24N4O3/c1-10-6-11(2)20-16-15(10)19-9-21(17(16)24)8-12(22)7-13-14(23)4-3-5-18-13/h6,9,12-14,18,22-23H,3-5,7-8H2,1-2H3/t12-,13+,14-/m0/s1. The Balaban J connectivity index is 1.79. The van der Waals surface area contributed by atoms with Crippen molar-refractivity contribution >= 4 is 11.0 Å². The van der Waals surface area contributed by atoms with Crippen LogP contribution >= 0.6 is 0 Å². The lowest BCUT2D eigenvalue weighted by molar-refractivity contribution is 0.0539. The number of nitrogens with zero attached hydrogens (tertiary/aromatic N) is 3. The van der Waals surface area contributed by atoms with E-state index in [1.165, 1.54) is 10.9 Å². The van der Waals surface area contributed by atoms with Crippen LogP contribution in [0.15, 0.2) is 17.2 Å². The molecule has 3 heterocycles. The van der Waals surface area contributed by atoms with E-state index in [2.05, 4.69) is 15.3 Å². The van der Waals surface area contributed by atoms with Gasteiger partial charge >= 0.3 is 0 Å². The van der Waals surface area contributed by atoms with Gasteiger partial charge < -0.3 is 15.5 Å². The molecule has 7 heteroatoms. The number of fused-ring (bicyclic) bond motifs is 1. The highest BCUT2D eigenvalue weighted by Crippen LogP contribution is 2.15. The molecule has 2 aromatic rings. The van der Waals surface area contributed by atoms with Gasteiger partial charge in [0, 0.05) is 11.7 Å². The van der Waals surface area contributed by atoms with Crippen LogP contribution in [0.4, 0.5) is 0 Å². The van der Waals surface area contributed by atoms with Crippen molar-refractivity contribution in [2.45, 2.75) is 57.9 Å². The lowest BCUT2D eigenvalue weighted by Crippen LogP contribution is -2.47. The van der Waals surface area contributed by atoms with Crippen LogP contribution in [0.2, 0.25) is 0 Å². The second kappa shape index (κ2) is 6.96. The molecule has 130 valence electrons. The molecule has 0 aliphatic carbocycles. The van der Waals surface area contributed by atoms with E-state index in [9.17, 15) is 15.0 Å². The molecule has 3 N–H and O–H groups in total. The van der Waals surface area contributed by atoms with Crippen molar-refractivity contribution < 1.29 is 10.2 Å². The summed E-state index contributed by atoms with van der Waals surface area (Å²) >= 11 is 0. The minimum absolute atomic E-state index is 0.138. The number of pyridine rings is 1. The van der Waals surface area contributed by atoms with Crippen molar-refractivity contribution in [2.75, 3.05) is 6.54 Å². The van der Waals surface area contributed by atoms with Crippen LogP contribution in [-0.4, -0.2) is 49.5 Å². The minimum Gasteiger partial charge on any atom is -0.392 e. The van der Waals surface area contributed by atoms with Gasteiger partial charge in [-0.2, -0.15) is 0 Å². The van der Waals surface area contributed by atoms with Crippen molar-refractivity contribution in [2.24, 2.45) is 0 Å². The van der Waals surface area contributed by atoms with Crippen molar-refractivity contribution in [3.63, 3.8) is 0 Å². The number of aryl methyl sites for hydroxylation is 2. The molecule has 2 aromatic heterocycles. The molecule has 1 aliphatic rings. The third-order valence-corrected chi connectivity index (χ3v) is 4.58. The molecule has 0 aromatic carbocycles. The molecular weight excluding hydrogens is 308 g/mol. The summed E-state index contributed by atoms with van der Waals surface area (Å²) < 4.78 is 1.40. The SMILES string of the molecule is Cc1cc(C)c2ncn(C[C@@H](O)C[C@H]3NCCC[C@@H]3O)c(=O)c2n1. The van der Waals surface area contributed by atoms with Crippen LogP contribution in [0, 0.1) is 13.8 Å². The topological polar surface area (TPSA) is 100 Å². The summed E-state index contributed by atoms with van der Waals surface area (Å²) in [6.45, 7) is 4.72. The van der Waals surface area contributed by atoms with Crippen molar-refractivity contribution in [1.29, 1.82) is 0 Å². The van der Waals surface area contributed by atoms with Crippen LogP contribution < -0.4 is 10.9 Å². The molecule has 3 rings (SSSR count). The van der Waals surface area contributed by atoms with Gasteiger partial charge in [0.1, 0.15) is 0 Å². The molecule has 0 unspecified atom stereocenters. The Morgan fingerprint density at radius 3 is 2.96 bits per heavy atom. The molecular formula is C17H24N4O3. The molecule has 1 fully saturated rings. The molecule has 1 aliphatic heterocycles. The average Bonchev–Trinajstić information content (AvgIpc) is 2.53. The summed E-state index contributed by atoms with van der Waals surface area (Å²) in [6, 6.07) is 1.75. The Morgan fingerprint density at radius 2 is 2.21 bits per heavy atom. The summed E-state index contributed by atoms with van der Waals surface area (Å²) in [7, 11) is 0. The molecule has 0 amide bonds. The van der Waals surface area contributed by atoms with Gasteiger partial charge in [-0.05, 0) is 51.3 Å². The van der Waals surface area contributed by atoms with Crippen molar-refractivity contribution in [1.82, 2.24) is 19.9 Å². The molecule has 0 radical (unpaired) electrons. The normalized spacial score (nSPS) is 22.7. The number of aromatic nitrogens is 3. The predicted octanol–water partition coefficient (Wildman–Crippen LogP) is 0.272. The van der Waals surface area contributed by atoms with E-state index in [1.54, 1.807) is 0 Å². The summed E-state index contributed by atoms with van der Waals surface area (Å²) in [6.07, 6.45) is 2.34. The number of piperidine rings is 1. The minimum atomic E-state index is -0.738. The first-order valence-corrected chi connectivity index (χ1v) is 8.38. The Labute approximate surface area is 140 Å². The zero-order chi connectivity index (χ0) is 17.3. The zero-order valence-electron chi connectivity index (χ0n) is 14.1. The monoisotopic (exact) mass is 332 g/mol. The largest absolute Gasteiger partial charge is 0.392 e. The van der Waals surface area contributed by atoms with Gasteiger partial charge in [-0.3, -0.25) is 9.36 Å². The quantitative estimate of drug-likeness (QED) is 0.743. The fourth-order valence-electron chi connectivity index (χ4n) is 3.36. The van der Waals surface area contributed by atoms with Gasteiger partial charge in [0.15, 0.2) is 5.52 Å².